The van der Waals surface area contributed by atoms with Crippen LogP contribution < -0.4 is 4.74 Å². The normalized spacial score (nSPS) is 12.3. The van der Waals surface area contributed by atoms with Gasteiger partial charge in [-0.3, -0.25) is 0 Å². The maximum absolute atomic E-state index is 10.9. The van der Waals surface area contributed by atoms with Crippen molar-refractivity contribution in [2.45, 2.75) is 26.4 Å². The standard InChI is InChI=1S/C20H19NO3/c1-3-14(2)24-19-10-4-15(5-11-19)12-18(13-21)16-6-8-17(9-7-16)20(22)23/h4-12,14H,3H2,1-2H3,(H,22,23)/b18-12-/t14-/m1/s1. The fraction of sp³-hybridized carbons (Fsp3) is 0.200. The van der Waals surface area contributed by atoms with Gasteiger partial charge in [-0.2, -0.15) is 5.26 Å². The molecular weight excluding hydrogens is 302 g/mol. The van der Waals surface area contributed by atoms with E-state index < -0.39 is 5.97 Å². The van der Waals surface area contributed by atoms with E-state index in [1.165, 1.54) is 12.1 Å². The molecule has 0 aliphatic heterocycles. The van der Waals surface area contributed by atoms with E-state index in [-0.39, 0.29) is 11.7 Å². The molecule has 0 aliphatic carbocycles. The molecule has 122 valence electrons. The zero-order valence-electron chi connectivity index (χ0n) is 13.7. The number of nitrogens with zero attached hydrogens (tertiary/aromatic N) is 1. The highest BCUT2D eigenvalue weighted by molar-refractivity contribution is 5.92. The molecule has 4 nitrogen and oxygen atoms in total. The number of nitriles is 1. The Morgan fingerprint density at radius 2 is 1.75 bits per heavy atom. The van der Waals surface area contributed by atoms with Crippen molar-refractivity contribution in [1.29, 1.82) is 5.26 Å². The first-order valence-electron chi connectivity index (χ1n) is 7.75. The summed E-state index contributed by atoms with van der Waals surface area (Å²) in [5, 5.41) is 18.3. The zero-order valence-corrected chi connectivity index (χ0v) is 13.7. The monoisotopic (exact) mass is 321 g/mol. The Hall–Kier alpha value is -3.06. The summed E-state index contributed by atoms with van der Waals surface area (Å²) in [6, 6.07) is 15.9. The summed E-state index contributed by atoms with van der Waals surface area (Å²) in [6.07, 6.45) is 2.86. The molecule has 2 rings (SSSR count). The van der Waals surface area contributed by atoms with E-state index in [2.05, 4.69) is 13.0 Å². The number of carboxylic acid groups (broad SMARTS) is 1. The van der Waals surface area contributed by atoms with E-state index in [9.17, 15) is 10.1 Å². The Bertz CT molecular complexity index is 768. The van der Waals surface area contributed by atoms with Crippen LogP contribution in [0.15, 0.2) is 48.5 Å². The van der Waals surface area contributed by atoms with Crippen LogP contribution in [0.1, 0.15) is 41.8 Å². The van der Waals surface area contributed by atoms with E-state index in [0.29, 0.717) is 11.1 Å². The molecule has 1 N–H and O–H groups in total. The van der Waals surface area contributed by atoms with Gasteiger partial charge in [0.05, 0.1) is 23.3 Å². The summed E-state index contributed by atoms with van der Waals surface area (Å²) in [5.74, 6) is -0.188. The van der Waals surface area contributed by atoms with Crippen LogP contribution in [0, 0.1) is 11.3 Å². The summed E-state index contributed by atoms with van der Waals surface area (Å²) in [5.41, 5.74) is 2.23. The lowest BCUT2D eigenvalue weighted by Crippen LogP contribution is -2.09. The van der Waals surface area contributed by atoms with Gasteiger partial charge in [-0.1, -0.05) is 31.2 Å². The molecule has 0 amide bonds. The summed E-state index contributed by atoms with van der Waals surface area (Å²) in [4.78, 5) is 10.9. The quantitative estimate of drug-likeness (QED) is 0.622. The van der Waals surface area contributed by atoms with E-state index in [0.717, 1.165) is 17.7 Å². The highest BCUT2D eigenvalue weighted by Crippen LogP contribution is 2.21. The first-order chi connectivity index (χ1) is 11.5. The smallest absolute Gasteiger partial charge is 0.335 e. The third kappa shape index (κ3) is 4.47. The van der Waals surface area contributed by atoms with E-state index in [1.54, 1.807) is 18.2 Å². The molecule has 0 unspecified atom stereocenters. The Labute approximate surface area is 141 Å². The zero-order chi connectivity index (χ0) is 17.5. The van der Waals surface area contributed by atoms with Crippen molar-refractivity contribution < 1.29 is 14.6 Å². The number of carboxylic acids is 1. The molecule has 1 atom stereocenters. The van der Waals surface area contributed by atoms with Crippen LogP contribution in [-0.2, 0) is 0 Å². The second-order valence-corrected chi connectivity index (χ2v) is 5.46. The van der Waals surface area contributed by atoms with Gasteiger partial charge in [0.15, 0.2) is 0 Å². The Morgan fingerprint density at radius 3 is 2.25 bits per heavy atom. The molecule has 4 heteroatoms. The Kier molecular flexibility index (Phi) is 5.75. The first kappa shape index (κ1) is 17.3. The van der Waals surface area contributed by atoms with Gasteiger partial charge in [0, 0.05) is 0 Å². The van der Waals surface area contributed by atoms with Gasteiger partial charge >= 0.3 is 5.97 Å². The van der Waals surface area contributed by atoms with Crippen LogP contribution in [-0.4, -0.2) is 17.2 Å². The SMILES string of the molecule is CC[C@@H](C)Oc1ccc(/C=C(/C#N)c2ccc(C(=O)O)cc2)cc1. The number of hydrogen-bond donors (Lipinski definition) is 1. The number of rotatable bonds is 6. The van der Waals surface area contributed by atoms with Crippen molar-refractivity contribution in [3.05, 3.63) is 65.2 Å². The molecule has 0 radical (unpaired) electrons. The Morgan fingerprint density at radius 1 is 1.17 bits per heavy atom. The van der Waals surface area contributed by atoms with Gasteiger partial charge in [-0.05, 0) is 54.8 Å². The van der Waals surface area contributed by atoms with E-state index in [1.807, 2.05) is 31.2 Å². The van der Waals surface area contributed by atoms with Crippen LogP contribution >= 0.6 is 0 Å². The van der Waals surface area contributed by atoms with Gasteiger partial charge in [0.1, 0.15) is 5.75 Å². The first-order valence-corrected chi connectivity index (χ1v) is 7.75. The lowest BCUT2D eigenvalue weighted by atomic mass is 10.0. The van der Waals surface area contributed by atoms with Gasteiger partial charge in [0.2, 0.25) is 0 Å². The fourth-order valence-electron chi connectivity index (χ4n) is 2.10. The molecule has 0 saturated carbocycles. The molecular formula is C20H19NO3. The van der Waals surface area contributed by atoms with Gasteiger partial charge < -0.3 is 9.84 Å². The molecule has 0 fully saturated rings. The average molecular weight is 321 g/mol. The van der Waals surface area contributed by atoms with E-state index in [4.69, 9.17) is 9.84 Å². The van der Waals surface area contributed by atoms with Crippen molar-refractivity contribution in [2.75, 3.05) is 0 Å². The molecule has 2 aromatic rings. The molecule has 0 spiro atoms. The minimum atomic E-state index is -0.985. The number of benzene rings is 2. The molecule has 0 bridgehead atoms. The number of ether oxygens (including phenoxy) is 1. The number of hydrogen-bond acceptors (Lipinski definition) is 3. The molecule has 0 heterocycles. The van der Waals surface area contributed by atoms with Crippen molar-refractivity contribution in [2.24, 2.45) is 0 Å². The van der Waals surface area contributed by atoms with Crippen molar-refractivity contribution in [3.8, 4) is 11.8 Å². The highest BCUT2D eigenvalue weighted by atomic mass is 16.5. The molecule has 2 aromatic carbocycles. The van der Waals surface area contributed by atoms with Crippen molar-refractivity contribution in [3.63, 3.8) is 0 Å². The van der Waals surface area contributed by atoms with Crippen LogP contribution in [0.2, 0.25) is 0 Å². The minimum Gasteiger partial charge on any atom is -0.491 e. The summed E-state index contributed by atoms with van der Waals surface area (Å²) in [6.45, 7) is 4.08. The maximum Gasteiger partial charge on any atom is 0.335 e. The second-order valence-electron chi connectivity index (χ2n) is 5.46. The summed E-state index contributed by atoms with van der Waals surface area (Å²) < 4.78 is 5.73. The molecule has 0 aromatic heterocycles. The van der Waals surface area contributed by atoms with Gasteiger partial charge in [-0.15, -0.1) is 0 Å². The highest BCUT2D eigenvalue weighted by Gasteiger charge is 2.06. The van der Waals surface area contributed by atoms with Crippen molar-refractivity contribution >= 4 is 17.6 Å². The Balaban J connectivity index is 2.21. The molecule has 0 aliphatic rings. The second kappa shape index (κ2) is 7.98. The van der Waals surface area contributed by atoms with Crippen LogP contribution in [0.4, 0.5) is 0 Å². The molecule has 24 heavy (non-hydrogen) atoms. The molecule has 0 saturated heterocycles. The van der Waals surface area contributed by atoms with Crippen LogP contribution in [0.3, 0.4) is 0 Å². The predicted octanol–water partition coefficient (Wildman–Crippen LogP) is 4.63. The average Bonchev–Trinajstić information content (AvgIpc) is 2.61. The third-order valence-corrected chi connectivity index (χ3v) is 3.67. The van der Waals surface area contributed by atoms with Gasteiger partial charge in [-0.25, -0.2) is 4.79 Å². The number of carbonyl (C=O) groups is 1. The van der Waals surface area contributed by atoms with Crippen LogP contribution in [0.5, 0.6) is 5.75 Å². The summed E-state index contributed by atoms with van der Waals surface area (Å²) in [7, 11) is 0. The third-order valence-electron chi connectivity index (χ3n) is 3.67. The lowest BCUT2D eigenvalue weighted by molar-refractivity contribution is 0.0697. The minimum absolute atomic E-state index is 0.161. The number of allylic oxidation sites excluding steroid dienone is 1. The van der Waals surface area contributed by atoms with Gasteiger partial charge in [0.25, 0.3) is 0 Å². The lowest BCUT2D eigenvalue weighted by Gasteiger charge is -2.12. The topological polar surface area (TPSA) is 70.3 Å². The maximum atomic E-state index is 10.9. The largest absolute Gasteiger partial charge is 0.491 e. The number of aromatic carboxylic acids is 1. The van der Waals surface area contributed by atoms with E-state index >= 15 is 0 Å². The summed E-state index contributed by atoms with van der Waals surface area (Å²) >= 11 is 0. The predicted molar refractivity (Wildman–Crippen MR) is 93.7 cm³/mol. The van der Waals surface area contributed by atoms with Crippen LogP contribution in [0.25, 0.3) is 11.6 Å². The fourth-order valence-corrected chi connectivity index (χ4v) is 2.10. The van der Waals surface area contributed by atoms with Crippen molar-refractivity contribution in [1.82, 2.24) is 0 Å².